The third-order valence-corrected chi connectivity index (χ3v) is 0.696. The number of nitrogens with zero attached hydrogens (tertiary/aromatic N) is 1. The van der Waals surface area contributed by atoms with Gasteiger partial charge in [0.2, 0.25) is 0 Å². The molecule has 0 atom stereocenters. The molecule has 0 unspecified atom stereocenters. The first kappa shape index (κ1) is 8.01. The predicted octanol–water partition coefficient (Wildman–Crippen LogP) is 0.536. The van der Waals surface area contributed by atoms with E-state index >= 15 is 0 Å². The van der Waals surface area contributed by atoms with Crippen molar-refractivity contribution in [3.63, 3.8) is 0 Å². The molecule has 0 amide bonds. The van der Waals surface area contributed by atoms with E-state index in [0.29, 0.717) is 0 Å². The quantitative estimate of drug-likeness (QED) is 0.604. The van der Waals surface area contributed by atoms with Crippen LogP contribution >= 0.6 is 0 Å². The Balaban J connectivity index is 3.36. The molecular weight excluding hydrogens is 118 g/mol. The van der Waals surface area contributed by atoms with Crippen LogP contribution in [0.3, 0.4) is 0 Å². The summed E-state index contributed by atoms with van der Waals surface area (Å²) in [7, 11) is 3.69. The van der Waals surface area contributed by atoms with Gasteiger partial charge in [-0.1, -0.05) is 6.08 Å². The Morgan fingerprint density at radius 3 is 2.56 bits per heavy atom. The van der Waals surface area contributed by atoms with Crippen molar-refractivity contribution in [2.75, 3.05) is 14.1 Å². The summed E-state index contributed by atoms with van der Waals surface area (Å²) in [4.78, 5) is 11.7. The van der Waals surface area contributed by atoms with Crippen LogP contribution in [0.25, 0.3) is 0 Å². The minimum absolute atomic E-state index is 0.0954. The van der Waals surface area contributed by atoms with E-state index in [1.54, 1.807) is 17.2 Å². The molecule has 0 aromatic carbocycles. The van der Waals surface area contributed by atoms with Gasteiger partial charge in [-0.25, -0.2) is 0 Å². The molecule has 0 aromatic heterocycles. The summed E-state index contributed by atoms with van der Waals surface area (Å²) in [6, 6.07) is 0. The van der Waals surface area contributed by atoms with Gasteiger partial charge in [-0.05, 0) is 6.20 Å². The molecule has 0 fully saturated rings. The smallest absolute Gasteiger partial charge is 0.307 e. The lowest BCUT2D eigenvalue weighted by Crippen LogP contribution is -2.00. The molecule has 0 spiro atoms. The normalized spacial score (nSPS) is 10.0. The Morgan fingerprint density at radius 2 is 2.22 bits per heavy atom. The molecule has 52 valence electrons. The Hall–Kier alpha value is -0.990. The van der Waals surface area contributed by atoms with E-state index < -0.39 is 5.97 Å². The number of aliphatic carboxylic acids is 1. The van der Waals surface area contributed by atoms with Gasteiger partial charge in [0.25, 0.3) is 0 Å². The van der Waals surface area contributed by atoms with E-state index in [4.69, 9.17) is 5.11 Å². The molecule has 0 heterocycles. The Labute approximate surface area is 54.6 Å². The SMILES string of the molecule is CN(C)/C=C/CC(=O)O. The number of carboxylic acids is 1. The van der Waals surface area contributed by atoms with Crippen LogP contribution in [0.5, 0.6) is 0 Å². The van der Waals surface area contributed by atoms with E-state index in [-0.39, 0.29) is 6.42 Å². The standard InChI is InChI=1S/C6H11NO2/c1-7(2)5-3-4-6(8)9/h3,5H,4H2,1-2H3,(H,8,9)/b5-3+. The fraction of sp³-hybridized carbons (Fsp3) is 0.500. The summed E-state index contributed by atoms with van der Waals surface area (Å²) in [5, 5.41) is 8.16. The van der Waals surface area contributed by atoms with Crippen LogP contribution < -0.4 is 0 Å². The van der Waals surface area contributed by atoms with Gasteiger partial charge in [-0.15, -0.1) is 0 Å². The van der Waals surface area contributed by atoms with Crippen molar-refractivity contribution >= 4 is 5.97 Å². The van der Waals surface area contributed by atoms with Gasteiger partial charge in [0.1, 0.15) is 0 Å². The summed E-state index contributed by atoms with van der Waals surface area (Å²) >= 11 is 0. The second kappa shape index (κ2) is 3.95. The lowest BCUT2D eigenvalue weighted by molar-refractivity contribution is -0.136. The Morgan fingerprint density at radius 1 is 1.67 bits per heavy atom. The molecule has 0 rings (SSSR count). The summed E-state index contributed by atoms with van der Waals surface area (Å²) in [6.45, 7) is 0. The number of carboxylic acid groups (broad SMARTS) is 1. The maximum absolute atomic E-state index is 9.91. The highest BCUT2D eigenvalue weighted by atomic mass is 16.4. The highest BCUT2D eigenvalue weighted by Gasteiger charge is 1.87. The lowest BCUT2D eigenvalue weighted by Gasteiger charge is -2.01. The molecule has 0 aliphatic heterocycles. The van der Waals surface area contributed by atoms with Crippen molar-refractivity contribution in [1.29, 1.82) is 0 Å². The van der Waals surface area contributed by atoms with Crippen molar-refractivity contribution in [3.05, 3.63) is 12.3 Å². The lowest BCUT2D eigenvalue weighted by atomic mass is 10.4. The van der Waals surface area contributed by atoms with E-state index in [2.05, 4.69) is 0 Å². The van der Waals surface area contributed by atoms with Gasteiger partial charge in [0, 0.05) is 14.1 Å². The number of hydrogen-bond acceptors (Lipinski definition) is 2. The van der Waals surface area contributed by atoms with Gasteiger partial charge in [0.05, 0.1) is 6.42 Å². The van der Waals surface area contributed by atoms with Crippen molar-refractivity contribution in [3.8, 4) is 0 Å². The Kier molecular flexibility index (Phi) is 3.51. The number of rotatable bonds is 3. The van der Waals surface area contributed by atoms with Gasteiger partial charge in [0.15, 0.2) is 0 Å². The maximum Gasteiger partial charge on any atom is 0.307 e. The van der Waals surface area contributed by atoms with Gasteiger partial charge in [-0.3, -0.25) is 4.79 Å². The van der Waals surface area contributed by atoms with Crippen LogP contribution in [0.15, 0.2) is 12.3 Å². The van der Waals surface area contributed by atoms with Crippen LogP contribution in [-0.2, 0) is 4.79 Å². The minimum atomic E-state index is -0.798. The second-order valence-electron chi connectivity index (χ2n) is 1.95. The molecule has 3 heteroatoms. The molecular formula is C6H11NO2. The van der Waals surface area contributed by atoms with Crippen LogP contribution in [0.1, 0.15) is 6.42 Å². The van der Waals surface area contributed by atoms with E-state index in [0.717, 1.165) is 0 Å². The zero-order valence-corrected chi connectivity index (χ0v) is 5.66. The molecule has 0 bridgehead atoms. The molecule has 3 nitrogen and oxygen atoms in total. The first-order valence-electron chi connectivity index (χ1n) is 2.68. The first-order valence-corrected chi connectivity index (χ1v) is 2.68. The fourth-order valence-corrected chi connectivity index (χ4v) is 0.364. The first-order chi connectivity index (χ1) is 4.13. The van der Waals surface area contributed by atoms with Crippen LogP contribution in [0.4, 0.5) is 0 Å². The molecule has 0 aromatic rings. The van der Waals surface area contributed by atoms with E-state index in [1.165, 1.54) is 0 Å². The summed E-state index contributed by atoms with van der Waals surface area (Å²) in [5.74, 6) is -0.798. The minimum Gasteiger partial charge on any atom is -0.481 e. The monoisotopic (exact) mass is 129 g/mol. The van der Waals surface area contributed by atoms with Crippen molar-refractivity contribution in [1.82, 2.24) is 4.90 Å². The molecule has 1 N–H and O–H groups in total. The zero-order chi connectivity index (χ0) is 7.28. The topological polar surface area (TPSA) is 40.5 Å². The van der Waals surface area contributed by atoms with Crippen LogP contribution in [0.2, 0.25) is 0 Å². The molecule has 0 aliphatic carbocycles. The van der Waals surface area contributed by atoms with E-state index in [9.17, 15) is 4.79 Å². The molecule has 0 saturated carbocycles. The van der Waals surface area contributed by atoms with Gasteiger partial charge < -0.3 is 10.0 Å². The van der Waals surface area contributed by atoms with Crippen LogP contribution in [-0.4, -0.2) is 30.1 Å². The van der Waals surface area contributed by atoms with Crippen molar-refractivity contribution in [2.24, 2.45) is 0 Å². The second-order valence-corrected chi connectivity index (χ2v) is 1.95. The highest BCUT2D eigenvalue weighted by Crippen LogP contribution is 1.83. The van der Waals surface area contributed by atoms with Gasteiger partial charge in [-0.2, -0.15) is 0 Å². The van der Waals surface area contributed by atoms with Crippen molar-refractivity contribution in [2.45, 2.75) is 6.42 Å². The maximum atomic E-state index is 9.91. The number of carbonyl (C=O) groups is 1. The predicted molar refractivity (Wildman–Crippen MR) is 35.1 cm³/mol. The summed E-state index contributed by atoms with van der Waals surface area (Å²) in [6.07, 6.45) is 3.41. The van der Waals surface area contributed by atoms with Crippen LogP contribution in [0, 0.1) is 0 Å². The zero-order valence-electron chi connectivity index (χ0n) is 5.66. The summed E-state index contributed by atoms with van der Waals surface area (Å²) < 4.78 is 0. The largest absolute Gasteiger partial charge is 0.481 e. The molecule has 0 aliphatic rings. The fourth-order valence-electron chi connectivity index (χ4n) is 0.364. The third kappa shape index (κ3) is 7.01. The third-order valence-electron chi connectivity index (χ3n) is 0.696. The van der Waals surface area contributed by atoms with Gasteiger partial charge >= 0.3 is 5.97 Å². The molecule has 0 radical (unpaired) electrons. The Bertz CT molecular complexity index is 118. The average Bonchev–Trinajstić information content (AvgIpc) is 1.63. The highest BCUT2D eigenvalue weighted by molar-refractivity contribution is 5.68. The average molecular weight is 129 g/mol. The molecule has 0 saturated heterocycles. The molecule has 9 heavy (non-hydrogen) atoms. The van der Waals surface area contributed by atoms with Crippen molar-refractivity contribution < 1.29 is 9.90 Å². The summed E-state index contributed by atoms with van der Waals surface area (Å²) in [5.41, 5.74) is 0. The number of hydrogen-bond donors (Lipinski definition) is 1. The van der Waals surface area contributed by atoms with E-state index in [1.807, 2.05) is 14.1 Å².